The van der Waals surface area contributed by atoms with E-state index in [-0.39, 0.29) is 53.3 Å². The van der Waals surface area contributed by atoms with Gasteiger partial charge in [-0.3, -0.25) is 4.79 Å². The Bertz CT molecular complexity index is 737. The van der Waals surface area contributed by atoms with E-state index in [4.69, 9.17) is 17.3 Å². The monoisotopic (exact) mass is 421 g/mol. The van der Waals surface area contributed by atoms with Crippen LogP contribution in [-0.4, -0.2) is 55.8 Å². The summed E-state index contributed by atoms with van der Waals surface area (Å²) in [5, 5.41) is 0.220. The van der Waals surface area contributed by atoms with Gasteiger partial charge in [-0.15, -0.1) is 12.4 Å². The molecule has 26 heavy (non-hydrogen) atoms. The molecule has 0 aromatic heterocycles. The van der Waals surface area contributed by atoms with Gasteiger partial charge >= 0.3 is 0 Å². The van der Waals surface area contributed by atoms with E-state index in [0.717, 1.165) is 25.7 Å². The first-order chi connectivity index (χ1) is 11.9. The molecule has 1 aromatic rings. The van der Waals surface area contributed by atoms with Crippen molar-refractivity contribution >= 4 is 39.9 Å². The Morgan fingerprint density at radius 3 is 2.38 bits per heavy atom. The lowest BCUT2D eigenvalue weighted by Gasteiger charge is -2.37. The van der Waals surface area contributed by atoms with E-state index in [9.17, 15) is 13.2 Å². The second-order valence-electron chi connectivity index (χ2n) is 6.78. The summed E-state index contributed by atoms with van der Waals surface area (Å²) in [5.41, 5.74) is 5.98. The van der Waals surface area contributed by atoms with Gasteiger partial charge in [-0.25, -0.2) is 8.42 Å². The van der Waals surface area contributed by atoms with Crippen molar-refractivity contribution in [1.82, 2.24) is 9.21 Å². The average Bonchev–Trinajstić information content (AvgIpc) is 2.61. The molecular weight excluding hydrogens is 397 g/mol. The van der Waals surface area contributed by atoms with Gasteiger partial charge in [0.2, 0.25) is 15.9 Å². The van der Waals surface area contributed by atoms with Crippen molar-refractivity contribution in [2.45, 2.75) is 36.6 Å². The van der Waals surface area contributed by atoms with Crippen LogP contribution in [0.5, 0.6) is 0 Å². The van der Waals surface area contributed by atoms with Crippen LogP contribution in [0.15, 0.2) is 29.2 Å². The van der Waals surface area contributed by atoms with Gasteiger partial charge in [0.05, 0.1) is 5.02 Å². The van der Waals surface area contributed by atoms with Crippen LogP contribution in [0.2, 0.25) is 5.02 Å². The van der Waals surface area contributed by atoms with E-state index in [1.165, 1.54) is 10.4 Å². The van der Waals surface area contributed by atoms with Gasteiger partial charge in [-0.2, -0.15) is 4.31 Å². The highest BCUT2D eigenvalue weighted by atomic mass is 35.5. The molecule has 146 valence electrons. The highest BCUT2D eigenvalue weighted by molar-refractivity contribution is 7.89. The van der Waals surface area contributed by atoms with Crippen LogP contribution >= 0.6 is 24.0 Å². The lowest BCUT2D eigenvalue weighted by atomic mass is 9.85. The van der Waals surface area contributed by atoms with Crippen LogP contribution in [-0.2, 0) is 14.8 Å². The summed E-state index contributed by atoms with van der Waals surface area (Å²) in [6.45, 7) is 1.40. The average molecular weight is 422 g/mol. The van der Waals surface area contributed by atoms with Crippen molar-refractivity contribution in [3.8, 4) is 0 Å². The zero-order chi connectivity index (χ0) is 18.0. The zero-order valence-electron chi connectivity index (χ0n) is 14.5. The minimum absolute atomic E-state index is 0. The summed E-state index contributed by atoms with van der Waals surface area (Å²) >= 11 is 6.04. The third-order valence-corrected chi connectivity index (χ3v) is 7.47. The topological polar surface area (TPSA) is 83.7 Å². The zero-order valence-corrected chi connectivity index (χ0v) is 16.9. The first-order valence-electron chi connectivity index (χ1n) is 8.68. The van der Waals surface area contributed by atoms with Crippen LogP contribution in [0.1, 0.15) is 25.7 Å². The first kappa shape index (κ1) is 21.4. The maximum absolute atomic E-state index is 12.8. The number of carbonyl (C=O) groups excluding carboxylic acids is 1. The molecule has 0 radical (unpaired) electrons. The van der Waals surface area contributed by atoms with E-state index in [0.29, 0.717) is 13.1 Å². The van der Waals surface area contributed by atoms with E-state index < -0.39 is 10.0 Å². The molecule has 2 unspecified atom stereocenters. The fourth-order valence-corrected chi connectivity index (χ4v) is 5.57. The molecule has 1 heterocycles. The number of halogens is 2. The number of hydrogen-bond acceptors (Lipinski definition) is 4. The maximum Gasteiger partial charge on any atom is 0.244 e. The molecule has 9 heteroatoms. The normalized spacial score (nSPS) is 24.8. The quantitative estimate of drug-likeness (QED) is 0.809. The molecule has 2 fully saturated rings. The Morgan fingerprint density at radius 1 is 1.12 bits per heavy atom. The van der Waals surface area contributed by atoms with Gasteiger partial charge < -0.3 is 10.6 Å². The molecular formula is C17H25Cl2N3O3S. The number of carbonyl (C=O) groups is 1. The molecule has 1 saturated heterocycles. The third kappa shape index (κ3) is 4.51. The molecule has 3 rings (SSSR count). The molecule has 1 aliphatic heterocycles. The molecule has 1 aliphatic carbocycles. The van der Waals surface area contributed by atoms with Crippen LogP contribution in [0.25, 0.3) is 0 Å². The van der Waals surface area contributed by atoms with Crippen molar-refractivity contribution in [2.24, 2.45) is 11.7 Å². The minimum Gasteiger partial charge on any atom is -0.340 e. The number of benzene rings is 1. The molecule has 0 spiro atoms. The molecule has 6 nitrogen and oxygen atoms in total. The first-order valence-corrected chi connectivity index (χ1v) is 10.5. The van der Waals surface area contributed by atoms with Crippen LogP contribution in [0, 0.1) is 5.92 Å². The second-order valence-corrected chi connectivity index (χ2v) is 9.10. The lowest BCUT2D eigenvalue weighted by Crippen LogP contribution is -2.52. The maximum atomic E-state index is 12.8. The summed E-state index contributed by atoms with van der Waals surface area (Å²) in [7, 11) is -3.63. The Hall–Kier alpha value is -0.860. The van der Waals surface area contributed by atoms with Crippen LogP contribution in [0.4, 0.5) is 0 Å². The Balaban J connectivity index is 0.00000243. The highest BCUT2D eigenvalue weighted by Crippen LogP contribution is 2.27. The highest BCUT2D eigenvalue weighted by Gasteiger charge is 2.34. The Labute approximate surface area is 166 Å². The molecule has 2 N–H and O–H groups in total. The predicted molar refractivity (Wildman–Crippen MR) is 104 cm³/mol. The molecule has 1 aromatic carbocycles. The van der Waals surface area contributed by atoms with Gasteiger partial charge in [0.1, 0.15) is 4.90 Å². The number of rotatable bonds is 3. The lowest BCUT2D eigenvalue weighted by molar-refractivity contribution is -0.137. The molecule has 1 amide bonds. The van der Waals surface area contributed by atoms with Crippen molar-refractivity contribution in [2.75, 3.05) is 26.2 Å². The van der Waals surface area contributed by atoms with Crippen molar-refractivity contribution in [3.63, 3.8) is 0 Å². The van der Waals surface area contributed by atoms with Crippen molar-refractivity contribution < 1.29 is 13.2 Å². The fourth-order valence-electron chi connectivity index (χ4n) is 3.65. The number of piperazine rings is 1. The third-order valence-electron chi connectivity index (χ3n) is 5.07. The van der Waals surface area contributed by atoms with Crippen LogP contribution < -0.4 is 5.73 Å². The summed E-state index contributed by atoms with van der Waals surface area (Å²) in [5.74, 6) is 0.0976. The summed E-state index contributed by atoms with van der Waals surface area (Å²) in [6, 6.07) is 6.54. The van der Waals surface area contributed by atoms with Crippen molar-refractivity contribution in [3.05, 3.63) is 29.3 Å². The molecule has 2 atom stereocenters. The fraction of sp³-hybridized carbons (Fsp3) is 0.588. The number of amides is 1. The molecule has 1 saturated carbocycles. The Morgan fingerprint density at radius 2 is 1.77 bits per heavy atom. The number of nitrogens with zero attached hydrogens (tertiary/aromatic N) is 2. The number of hydrogen-bond donors (Lipinski definition) is 1. The summed E-state index contributed by atoms with van der Waals surface area (Å²) in [4.78, 5) is 14.6. The van der Waals surface area contributed by atoms with Crippen LogP contribution in [0.3, 0.4) is 0 Å². The molecule has 0 bridgehead atoms. The largest absolute Gasteiger partial charge is 0.340 e. The minimum atomic E-state index is -3.63. The smallest absolute Gasteiger partial charge is 0.244 e. The molecule has 2 aliphatic rings. The van der Waals surface area contributed by atoms with E-state index in [1.807, 2.05) is 0 Å². The summed E-state index contributed by atoms with van der Waals surface area (Å²) in [6.07, 6.45) is 3.58. The van der Waals surface area contributed by atoms with Gasteiger partial charge in [0.15, 0.2) is 0 Å². The SMILES string of the molecule is Cl.NC1CCCC(C(=O)N2CCN(S(=O)(=O)c3ccccc3Cl)CC2)C1. The Kier molecular flexibility index (Phi) is 7.33. The number of sulfonamides is 1. The van der Waals surface area contributed by atoms with E-state index >= 15 is 0 Å². The van der Waals surface area contributed by atoms with E-state index in [1.54, 1.807) is 23.1 Å². The standard InChI is InChI=1S/C17H24ClN3O3S.ClH/c18-15-6-1-2-7-16(15)25(23,24)21-10-8-20(9-11-21)17(22)13-4-3-5-14(19)12-13;/h1-2,6-7,13-14H,3-5,8-12,19H2;1H. The van der Waals surface area contributed by atoms with Gasteiger partial charge in [-0.1, -0.05) is 30.2 Å². The summed E-state index contributed by atoms with van der Waals surface area (Å²) < 4.78 is 26.9. The van der Waals surface area contributed by atoms with Gasteiger partial charge in [0, 0.05) is 38.1 Å². The number of nitrogens with two attached hydrogens (primary N) is 1. The van der Waals surface area contributed by atoms with Gasteiger partial charge in [0.25, 0.3) is 0 Å². The second kappa shape index (κ2) is 8.89. The predicted octanol–water partition coefficient (Wildman–Crippen LogP) is 2.11. The van der Waals surface area contributed by atoms with Crippen molar-refractivity contribution in [1.29, 1.82) is 0 Å². The van der Waals surface area contributed by atoms with Gasteiger partial charge in [-0.05, 0) is 31.4 Å². The van der Waals surface area contributed by atoms with E-state index in [2.05, 4.69) is 0 Å².